The number of benzene rings is 2. The minimum absolute atomic E-state index is 0.563. The molecule has 30 heavy (non-hydrogen) atoms. The lowest BCUT2D eigenvalue weighted by molar-refractivity contribution is -0.188. The third-order valence-electron chi connectivity index (χ3n) is 4.55. The number of carboxylic acid groups (broad SMARTS) is 2. The first-order valence-corrected chi connectivity index (χ1v) is 9.18. The van der Waals surface area contributed by atoms with Crippen molar-refractivity contribution in [2.75, 3.05) is 0 Å². The van der Waals surface area contributed by atoms with Crippen LogP contribution in [0.5, 0.6) is 0 Å². The van der Waals surface area contributed by atoms with Crippen molar-refractivity contribution in [3.8, 4) is 0 Å². The largest absolute Gasteiger partial charge is 0.478 e. The summed E-state index contributed by atoms with van der Waals surface area (Å²) in [6.45, 7) is 2.99. The molecule has 0 heterocycles. The SMILES string of the molecule is CC(C(=O)OC(C(=O)O)C(OC(=O)C(C)c1ccccc1)C(=O)O)c1ccccc1. The van der Waals surface area contributed by atoms with Crippen molar-refractivity contribution in [1.82, 2.24) is 0 Å². The molecule has 0 aromatic heterocycles. The minimum atomic E-state index is -2.20. The van der Waals surface area contributed by atoms with Gasteiger partial charge < -0.3 is 19.7 Å². The van der Waals surface area contributed by atoms with Gasteiger partial charge in [-0.1, -0.05) is 60.7 Å². The zero-order chi connectivity index (χ0) is 22.3. The summed E-state index contributed by atoms with van der Waals surface area (Å²) in [7, 11) is 0. The number of hydrogen-bond acceptors (Lipinski definition) is 6. The molecule has 0 aliphatic carbocycles. The normalized spacial score (nSPS) is 14.6. The van der Waals surface area contributed by atoms with Crippen LogP contribution >= 0.6 is 0 Å². The van der Waals surface area contributed by atoms with Crippen LogP contribution in [0.25, 0.3) is 0 Å². The van der Waals surface area contributed by atoms with Crippen molar-refractivity contribution in [2.24, 2.45) is 0 Å². The predicted octanol–water partition coefficient (Wildman–Crippen LogP) is 2.59. The Hall–Kier alpha value is -3.68. The first kappa shape index (κ1) is 22.6. The van der Waals surface area contributed by atoms with E-state index in [2.05, 4.69) is 0 Å². The van der Waals surface area contributed by atoms with Crippen LogP contribution in [0.1, 0.15) is 36.8 Å². The van der Waals surface area contributed by atoms with Gasteiger partial charge in [0.25, 0.3) is 0 Å². The number of ether oxygens (including phenoxy) is 2. The third kappa shape index (κ3) is 5.66. The van der Waals surface area contributed by atoms with E-state index in [0.717, 1.165) is 0 Å². The lowest BCUT2D eigenvalue weighted by atomic mass is 10.0. The quantitative estimate of drug-likeness (QED) is 0.600. The summed E-state index contributed by atoms with van der Waals surface area (Å²) in [6.07, 6.45) is -4.40. The van der Waals surface area contributed by atoms with Crippen LogP contribution in [0, 0.1) is 0 Å². The van der Waals surface area contributed by atoms with E-state index in [1.165, 1.54) is 13.8 Å². The van der Waals surface area contributed by atoms with Crippen LogP contribution in [0.3, 0.4) is 0 Å². The second-order valence-corrected chi connectivity index (χ2v) is 6.66. The summed E-state index contributed by atoms with van der Waals surface area (Å²) in [6, 6.07) is 16.9. The molecule has 0 aliphatic heterocycles. The van der Waals surface area contributed by atoms with Gasteiger partial charge in [-0.05, 0) is 25.0 Å². The van der Waals surface area contributed by atoms with E-state index < -0.39 is 47.9 Å². The molecule has 2 N–H and O–H groups in total. The standard InChI is InChI=1S/C22H22O8/c1-13(15-9-5-3-6-10-15)21(27)29-17(19(23)24)18(20(25)26)30-22(28)14(2)16-11-7-4-8-12-16/h3-14,17-18H,1-2H3,(H,23,24)(H,25,26). The molecule has 2 aromatic rings. The van der Waals surface area contributed by atoms with Gasteiger partial charge in [0.2, 0.25) is 12.2 Å². The Morgan fingerprint density at radius 3 is 1.20 bits per heavy atom. The molecule has 0 radical (unpaired) electrons. The molecule has 158 valence electrons. The third-order valence-corrected chi connectivity index (χ3v) is 4.55. The smallest absolute Gasteiger partial charge is 0.349 e. The molecule has 0 amide bonds. The molecule has 0 spiro atoms. The maximum atomic E-state index is 12.4. The van der Waals surface area contributed by atoms with Gasteiger partial charge in [-0.15, -0.1) is 0 Å². The highest BCUT2D eigenvalue weighted by Crippen LogP contribution is 2.21. The van der Waals surface area contributed by atoms with E-state index in [4.69, 9.17) is 9.47 Å². The highest BCUT2D eigenvalue weighted by Gasteiger charge is 2.42. The Morgan fingerprint density at radius 1 is 0.633 bits per heavy atom. The van der Waals surface area contributed by atoms with Crippen molar-refractivity contribution >= 4 is 23.9 Å². The molecule has 0 saturated carbocycles. The van der Waals surface area contributed by atoms with Crippen LogP contribution in [-0.2, 0) is 28.7 Å². The van der Waals surface area contributed by atoms with Crippen molar-refractivity contribution in [3.63, 3.8) is 0 Å². The zero-order valence-electron chi connectivity index (χ0n) is 16.4. The van der Waals surface area contributed by atoms with Crippen molar-refractivity contribution in [3.05, 3.63) is 71.8 Å². The molecular weight excluding hydrogens is 392 g/mol. The fraction of sp³-hybridized carbons (Fsp3) is 0.273. The van der Waals surface area contributed by atoms with E-state index >= 15 is 0 Å². The van der Waals surface area contributed by atoms with E-state index in [0.29, 0.717) is 11.1 Å². The number of carbonyl (C=O) groups excluding carboxylic acids is 2. The highest BCUT2D eigenvalue weighted by molar-refractivity contribution is 5.89. The maximum absolute atomic E-state index is 12.4. The average Bonchev–Trinajstić information content (AvgIpc) is 2.75. The summed E-state index contributed by atoms with van der Waals surface area (Å²) in [5, 5.41) is 18.9. The molecule has 0 aliphatic rings. The summed E-state index contributed by atoms with van der Waals surface area (Å²) < 4.78 is 9.88. The van der Waals surface area contributed by atoms with Crippen LogP contribution in [0.2, 0.25) is 0 Å². The van der Waals surface area contributed by atoms with Crippen molar-refractivity contribution in [2.45, 2.75) is 37.9 Å². The zero-order valence-corrected chi connectivity index (χ0v) is 16.4. The van der Waals surface area contributed by atoms with Gasteiger partial charge >= 0.3 is 23.9 Å². The Bertz CT molecular complexity index is 818. The fourth-order valence-electron chi connectivity index (χ4n) is 2.69. The molecule has 4 atom stereocenters. The fourth-order valence-corrected chi connectivity index (χ4v) is 2.69. The Balaban J connectivity index is 2.17. The number of esters is 2. The Kier molecular flexibility index (Phi) is 7.69. The molecule has 0 fully saturated rings. The van der Waals surface area contributed by atoms with Crippen LogP contribution in [0.15, 0.2) is 60.7 Å². The van der Waals surface area contributed by atoms with Gasteiger partial charge in [-0.3, -0.25) is 9.59 Å². The topological polar surface area (TPSA) is 127 Å². The number of carbonyl (C=O) groups is 4. The van der Waals surface area contributed by atoms with Gasteiger partial charge in [-0.25, -0.2) is 9.59 Å². The van der Waals surface area contributed by atoms with Gasteiger partial charge in [0.1, 0.15) is 0 Å². The van der Waals surface area contributed by atoms with Crippen LogP contribution < -0.4 is 0 Å². The Morgan fingerprint density at radius 2 is 0.933 bits per heavy atom. The summed E-state index contributed by atoms with van der Waals surface area (Å²) in [5.74, 6) is -7.07. The highest BCUT2D eigenvalue weighted by atomic mass is 16.6. The number of carboxylic acids is 2. The summed E-state index contributed by atoms with van der Waals surface area (Å²) >= 11 is 0. The number of hydrogen-bond donors (Lipinski definition) is 2. The first-order chi connectivity index (χ1) is 14.2. The van der Waals surface area contributed by atoms with E-state index in [1.54, 1.807) is 60.7 Å². The first-order valence-electron chi connectivity index (χ1n) is 9.18. The molecule has 2 aromatic carbocycles. The lowest BCUT2D eigenvalue weighted by Gasteiger charge is -2.23. The molecule has 4 unspecified atom stereocenters. The lowest BCUT2D eigenvalue weighted by Crippen LogP contribution is -2.46. The second kappa shape index (κ2) is 10.2. The second-order valence-electron chi connectivity index (χ2n) is 6.66. The van der Waals surface area contributed by atoms with Crippen molar-refractivity contribution in [1.29, 1.82) is 0 Å². The summed E-state index contributed by atoms with van der Waals surface area (Å²) in [5.41, 5.74) is 1.13. The summed E-state index contributed by atoms with van der Waals surface area (Å²) in [4.78, 5) is 48.1. The van der Waals surface area contributed by atoms with Gasteiger partial charge in [0.05, 0.1) is 11.8 Å². The number of rotatable bonds is 9. The van der Waals surface area contributed by atoms with E-state index in [1.807, 2.05) is 0 Å². The molecule has 2 rings (SSSR count). The van der Waals surface area contributed by atoms with Crippen LogP contribution in [-0.4, -0.2) is 46.3 Å². The Labute approximate surface area is 173 Å². The molecule has 0 saturated heterocycles. The van der Waals surface area contributed by atoms with Gasteiger partial charge in [0.15, 0.2) is 0 Å². The van der Waals surface area contributed by atoms with Crippen LogP contribution in [0.4, 0.5) is 0 Å². The van der Waals surface area contributed by atoms with Crippen molar-refractivity contribution < 1.29 is 38.9 Å². The van der Waals surface area contributed by atoms with E-state index in [9.17, 15) is 29.4 Å². The van der Waals surface area contributed by atoms with Gasteiger partial charge in [0, 0.05) is 0 Å². The molecule has 0 bridgehead atoms. The predicted molar refractivity (Wildman–Crippen MR) is 105 cm³/mol. The monoisotopic (exact) mass is 414 g/mol. The number of aliphatic carboxylic acids is 2. The minimum Gasteiger partial charge on any atom is -0.478 e. The maximum Gasteiger partial charge on any atom is 0.349 e. The van der Waals surface area contributed by atoms with E-state index in [-0.39, 0.29) is 0 Å². The van der Waals surface area contributed by atoms with Gasteiger partial charge in [-0.2, -0.15) is 0 Å². The molecule has 8 heteroatoms. The molecular formula is C22H22O8. The average molecular weight is 414 g/mol. The molecule has 8 nitrogen and oxygen atoms in total.